The van der Waals surface area contributed by atoms with E-state index in [1.54, 1.807) is 24.4 Å². The molecular formula is C12H10Cl2N2OS. The number of nitrogens with zero attached hydrogens (tertiary/aromatic N) is 1. The molecule has 0 aliphatic heterocycles. The molecule has 0 saturated heterocycles. The number of aromatic nitrogens is 1. The van der Waals surface area contributed by atoms with Crippen molar-refractivity contribution in [2.24, 2.45) is 0 Å². The van der Waals surface area contributed by atoms with Crippen LogP contribution >= 0.6 is 34.5 Å². The van der Waals surface area contributed by atoms with Gasteiger partial charge in [-0.2, -0.15) is 0 Å². The second-order valence-electron chi connectivity index (χ2n) is 3.68. The summed E-state index contributed by atoms with van der Waals surface area (Å²) in [5.41, 5.74) is 0.369. The number of hydrogen-bond donors (Lipinski definition) is 1. The van der Waals surface area contributed by atoms with Crippen molar-refractivity contribution in [1.82, 2.24) is 10.3 Å². The van der Waals surface area contributed by atoms with Crippen LogP contribution in [0.4, 0.5) is 0 Å². The molecule has 1 amide bonds. The molecule has 18 heavy (non-hydrogen) atoms. The van der Waals surface area contributed by atoms with Gasteiger partial charge in [0.2, 0.25) is 0 Å². The first kappa shape index (κ1) is 13.3. The minimum Gasteiger partial charge on any atom is -0.345 e. The Kier molecular flexibility index (Phi) is 4.22. The fourth-order valence-corrected chi connectivity index (χ4v) is 2.73. The fraction of sp³-hybridized carbons (Fsp3) is 0.167. The second-order valence-corrected chi connectivity index (χ2v) is 5.78. The van der Waals surface area contributed by atoms with E-state index >= 15 is 0 Å². The van der Waals surface area contributed by atoms with E-state index in [1.165, 1.54) is 11.3 Å². The molecule has 1 atom stereocenters. The Morgan fingerprint density at radius 1 is 1.39 bits per heavy atom. The predicted octanol–water partition coefficient (Wildman–Crippen LogP) is 3.94. The highest BCUT2D eigenvalue weighted by Gasteiger charge is 2.15. The van der Waals surface area contributed by atoms with Crippen LogP contribution in [0, 0.1) is 0 Å². The van der Waals surface area contributed by atoms with Crippen LogP contribution in [-0.4, -0.2) is 10.9 Å². The van der Waals surface area contributed by atoms with Crippen molar-refractivity contribution in [3.8, 4) is 0 Å². The first-order valence-electron chi connectivity index (χ1n) is 5.24. The molecule has 6 heteroatoms. The lowest BCUT2D eigenvalue weighted by Crippen LogP contribution is -2.26. The van der Waals surface area contributed by atoms with Crippen molar-refractivity contribution in [2.45, 2.75) is 13.0 Å². The topological polar surface area (TPSA) is 42.0 Å². The van der Waals surface area contributed by atoms with E-state index in [-0.39, 0.29) is 17.1 Å². The number of rotatable bonds is 3. The molecule has 1 unspecified atom stereocenters. The summed E-state index contributed by atoms with van der Waals surface area (Å²) < 4.78 is 0.700. The van der Waals surface area contributed by atoms with Gasteiger partial charge in [-0.1, -0.05) is 23.2 Å². The molecule has 0 fully saturated rings. The standard InChI is InChI=1S/C12H10Cl2N2OS/c1-7(9-4-5-10(13)18-9)16-12(17)8-3-2-6-15-11(8)14/h2-7H,1H3,(H,16,17). The zero-order valence-corrected chi connectivity index (χ0v) is 11.8. The van der Waals surface area contributed by atoms with Crippen LogP contribution < -0.4 is 5.32 Å². The number of nitrogens with one attached hydrogen (secondary N) is 1. The monoisotopic (exact) mass is 300 g/mol. The summed E-state index contributed by atoms with van der Waals surface area (Å²) in [6.45, 7) is 1.89. The maximum Gasteiger partial charge on any atom is 0.254 e. The Hall–Kier alpha value is -1.10. The van der Waals surface area contributed by atoms with Crippen LogP contribution in [0.25, 0.3) is 0 Å². The molecule has 2 aromatic heterocycles. The van der Waals surface area contributed by atoms with Gasteiger partial charge in [0.05, 0.1) is 15.9 Å². The van der Waals surface area contributed by atoms with E-state index in [4.69, 9.17) is 23.2 Å². The van der Waals surface area contributed by atoms with Crippen molar-refractivity contribution in [2.75, 3.05) is 0 Å². The first-order valence-corrected chi connectivity index (χ1v) is 6.82. The van der Waals surface area contributed by atoms with Crippen molar-refractivity contribution in [1.29, 1.82) is 0 Å². The van der Waals surface area contributed by atoms with Crippen LogP contribution in [0.3, 0.4) is 0 Å². The zero-order chi connectivity index (χ0) is 13.1. The number of thiophene rings is 1. The first-order chi connectivity index (χ1) is 8.58. The Bertz CT molecular complexity index is 571. The minimum absolute atomic E-state index is 0.119. The van der Waals surface area contributed by atoms with E-state index in [0.29, 0.717) is 9.90 Å². The molecule has 0 saturated carbocycles. The van der Waals surface area contributed by atoms with Gasteiger partial charge >= 0.3 is 0 Å². The lowest BCUT2D eigenvalue weighted by Gasteiger charge is -2.12. The van der Waals surface area contributed by atoms with Crippen LogP contribution in [-0.2, 0) is 0 Å². The van der Waals surface area contributed by atoms with Crippen LogP contribution in [0.2, 0.25) is 9.49 Å². The van der Waals surface area contributed by atoms with Crippen LogP contribution in [0.5, 0.6) is 0 Å². The number of hydrogen-bond acceptors (Lipinski definition) is 3. The summed E-state index contributed by atoms with van der Waals surface area (Å²) in [5.74, 6) is -0.245. The molecule has 94 valence electrons. The van der Waals surface area contributed by atoms with Crippen LogP contribution in [0.1, 0.15) is 28.2 Å². The number of carbonyl (C=O) groups is 1. The quantitative estimate of drug-likeness (QED) is 0.872. The van der Waals surface area contributed by atoms with E-state index in [2.05, 4.69) is 10.3 Å². The molecule has 2 heterocycles. The molecule has 0 aliphatic rings. The molecule has 0 aromatic carbocycles. The molecule has 3 nitrogen and oxygen atoms in total. The van der Waals surface area contributed by atoms with E-state index in [1.807, 2.05) is 13.0 Å². The average molecular weight is 301 g/mol. The molecule has 1 N–H and O–H groups in total. The highest BCUT2D eigenvalue weighted by Crippen LogP contribution is 2.27. The molecule has 0 bridgehead atoms. The summed E-state index contributed by atoms with van der Waals surface area (Å²) >= 11 is 13.2. The Morgan fingerprint density at radius 3 is 2.78 bits per heavy atom. The highest BCUT2D eigenvalue weighted by atomic mass is 35.5. The largest absolute Gasteiger partial charge is 0.345 e. The minimum atomic E-state index is -0.245. The normalized spacial score (nSPS) is 12.2. The lowest BCUT2D eigenvalue weighted by molar-refractivity contribution is 0.0940. The SMILES string of the molecule is CC(NC(=O)c1cccnc1Cl)c1ccc(Cl)s1. The van der Waals surface area contributed by atoms with Gasteiger partial charge in [0, 0.05) is 11.1 Å². The summed E-state index contributed by atoms with van der Waals surface area (Å²) in [4.78, 5) is 16.9. The van der Waals surface area contributed by atoms with Crippen LogP contribution in [0.15, 0.2) is 30.5 Å². The highest BCUT2D eigenvalue weighted by molar-refractivity contribution is 7.16. The number of carbonyl (C=O) groups excluding carboxylic acids is 1. The van der Waals surface area contributed by atoms with Gasteiger partial charge in [-0.3, -0.25) is 4.79 Å². The van der Waals surface area contributed by atoms with Gasteiger partial charge in [0.15, 0.2) is 0 Å². The fourth-order valence-electron chi connectivity index (χ4n) is 1.46. The van der Waals surface area contributed by atoms with E-state index < -0.39 is 0 Å². The van der Waals surface area contributed by atoms with Gasteiger partial charge in [-0.25, -0.2) is 4.98 Å². The third-order valence-corrected chi connectivity index (χ3v) is 4.09. The third-order valence-electron chi connectivity index (χ3n) is 2.37. The average Bonchev–Trinajstić information content (AvgIpc) is 2.76. The lowest BCUT2D eigenvalue weighted by atomic mass is 10.2. The molecule has 0 spiro atoms. The number of pyridine rings is 1. The summed E-state index contributed by atoms with van der Waals surface area (Å²) in [5, 5.41) is 3.06. The van der Waals surface area contributed by atoms with Crippen molar-refractivity contribution < 1.29 is 4.79 Å². The number of halogens is 2. The molecule has 0 aliphatic carbocycles. The maximum atomic E-state index is 12.0. The summed E-state index contributed by atoms with van der Waals surface area (Å²) in [6, 6.07) is 6.89. The second kappa shape index (κ2) is 5.69. The maximum absolute atomic E-state index is 12.0. The third kappa shape index (κ3) is 3.02. The van der Waals surface area contributed by atoms with E-state index in [9.17, 15) is 4.79 Å². The smallest absolute Gasteiger partial charge is 0.254 e. The molecule has 2 aromatic rings. The molecule has 2 rings (SSSR count). The van der Waals surface area contributed by atoms with Gasteiger partial charge in [0.1, 0.15) is 5.15 Å². The van der Waals surface area contributed by atoms with Crippen molar-refractivity contribution >= 4 is 40.4 Å². The Balaban J connectivity index is 2.10. The Morgan fingerprint density at radius 2 is 2.17 bits per heavy atom. The predicted molar refractivity (Wildman–Crippen MR) is 74.5 cm³/mol. The molecular weight excluding hydrogens is 291 g/mol. The van der Waals surface area contributed by atoms with Gasteiger partial charge in [-0.05, 0) is 31.2 Å². The van der Waals surface area contributed by atoms with Gasteiger partial charge in [0.25, 0.3) is 5.91 Å². The summed E-state index contributed by atoms with van der Waals surface area (Å²) in [7, 11) is 0. The molecule has 0 radical (unpaired) electrons. The zero-order valence-electron chi connectivity index (χ0n) is 9.48. The summed E-state index contributed by atoms with van der Waals surface area (Å²) in [6.07, 6.45) is 1.54. The van der Waals surface area contributed by atoms with E-state index in [0.717, 1.165) is 4.88 Å². The van der Waals surface area contributed by atoms with Gasteiger partial charge < -0.3 is 5.32 Å². The van der Waals surface area contributed by atoms with Crippen molar-refractivity contribution in [3.05, 3.63) is 50.4 Å². The van der Waals surface area contributed by atoms with Crippen molar-refractivity contribution in [3.63, 3.8) is 0 Å². The van der Waals surface area contributed by atoms with Gasteiger partial charge in [-0.15, -0.1) is 11.3 Å². The Labute approximate surface area is 119 Å². The number of amides is 1.